The standard InChI is InChI=1S/C17H19N5O/c1-2-14-11-23-9-8-21(14)16-10-15(13-6-4-3-5-7-13)20-17-18-12-19-22(16)17/h3-7,10,12,14H,2,8-9,11H2,1H3. The lowest BCUT2D eigenvalue weighted by Gasteiger charge is -2.36. The van der Waals surface area contributed by atoms with Crippen LogP contribution in [0.15, 0.2) is 42.7 Å². The van der Waals surface area contributed by atoms with Gasteiger partial charge < -0.3 is 9.64 Å². The van der Waals surface area contributed by atoms with Gasteiger partial charge in [0.1, 0.15) is 12.1 Å². The molecule has 1 unspecified atom stereocenters. The molecule has 6 heteroatoms. The Morgan fingerprint density at radius 1 is 1.26 bits per heavy atom. The number of anilines is 1. The lowest BCUT2D eigenvalue weighted by atomic mass is 10.1. The summed E-state index contributed by atoms with van der Waals surface area (Å²) in [4.78, 5) is 11.3. The van der Waals surface area contributed by atoms with E-state index in [1.165, 1.54) is 0 Å². The molecule has 1 aliphatic rings. The van der Waals surface area contributed by atoms with Crippen molar-refractivity contribution < 1.29 is 4.74 Å². The van der Waals surface area contributed by atoms with Gasteiger partial charge in [-0.2, -0.15) is 14.6 Å². The van der Waals surface area contributed by atoms with Gasteiger partial charge in [-0.25, -0.2) is 4.98 Å². The number of benzene rings is 1. The predicted molar refractivity (Wildman–Crippen MR) is 88.5 cm³/mol. The molecule has 0 aliphatic carbocycles. The van der Waals surface area contributed by atoms with Crippen molar-refractivity contribution in [2.45, 2.75) is 19.4 Å². The Bertz CT molecular complexity index is 801. The van der Waals surface area contributed by atoms with Crippen molar-refractivity contribution in [2.75, 3.05) is 24.7 Å². The average Bonchev–Trinajstić information content (AvgIpc) is 3.10. The summed E-state index contributed by atoms with van der Waals surface area (Å²) in [5, 5.41) is 4.36. The highest BCUT2D eigenvalue weighted by Gasteiger charge is 2.25. The van der Waals surface area contributed by atoms with E-state index in [2.05, 4.69) is 45.1 Å². The highest BCUT2D eigenvalue weighted by molar-refractivity contribution is 5.66. The topological polar surface area (TPSA) is 55.5 Å². The zero-order chi connectivity index (χ0) is 15.6. The minimum absolute atomic E-state index is 0.349. The van der Waals surface area contributed by atoms with E-state index in [0.29, 0.717) is 11.8 Å². The molecule has 1 aromatic carbocycles. The molecule has 0 saturated carbocycles. The van der Waals surface area contributed by atoms with Crippen LogP contribution in [-0.4, -0.2) is 45.4 Å². The quantitative estimate of drug-likeness (QED) is 0.743. The number of aromatic nitrogens is 4. The molecule has 1 saturated heterocycles. The van der Waals surface area contributed by atoms with Crippen molar-refractivity contribution in [3.63, 3.8) is 0 Å². The van der Waals surface area contributed by atoms with Crippen LogP contribution < -0.4 is 4.90 Å². The zero-order valence-corrected chi connectivity index (χ0v) is 13.1. The van der Waals surface area contributed by atoms with Crippen molar-refractivity contribution in [3.8, 4) is 11.3 Å². The van der Waals surface area contributed by atoms with Crippen molar-refractivity contribution >= 4 is 11.6 Å². The lowest BCUT2D eigenvalue weighted by molar-refractivity contribution is 0.0923. The van der Waals surface area contributed by atoms with Gasteiger partial charge in [-0.15, -0.1) is 0 Å². The second-order valence-corrected chi connectivity index (χ2v) is 5.67. The summed E-state index contributed by atoms with van der Waals surface area (Å²) >= 11 is 0. The molecule has 2 aromatic heterocycles. The molecule has 1 aliphatic heterocycles. The molecular formula is C17H19N5O. The van der Waals surface area contributed by atoms with Gasteiger partial charge >= 0.3 is 0 Å². The van der Waals surface area contributed by atoms with Gasteiger partial charge in [-0.05, 0) is 6.42 Å². The molecule has 0 amide bonds. The maximum Gasteiger partial charge on any atom is 0.254 e. The smallest absolute Gasteiger partial charge is 0.254 e. The molecule has 1 atom stereocenters. The van der Waals surface area contributed by atoms with Gasteiger partial charge in [-0.1, -0.05) is 37.3 Å². The Morgan fingerprint density at radius 2 is 2.13 bits per heavy atom. The second-order valence-electron chi connectivity index (χ2n) is 5.67. The van der Waals surface area contributed by atoms with E-state index in [4.69, 9.17) is 4.74 Å². The van der Waals surface area contributed by atoms with E-state index >= 15 is 0 Å². The maximum atomic E-state index is 5.63. The minimum Gasteiger partial charge on any atom is -0.377 e. The van der Waals surface area contributed by atoms with Crippen molar-refractivity contribution in [3.05, 3.63) is 42.7 Å². The number of hydrogen-bond donors (Lipinski definition) is 0. The van der Waals surface area contributed by atoms with Crippen molar-refractivity contribution in [1.29, 1.82) is 0 Å². The maximum absolute atomic E-state index is 5.63. The largest absolute Gasteiger partial charge is 0.377 e. The Hall–Kier alpha value is -2.47. The molecule has 3 heterocycles. The molecule has 23 heavy (non-hydrogen) atoms. The Kier molecular flexibility index (Phi) is 3.67. The Morgan fingerprint density at radius 3 is 2.96 bits per heavy atom. The average molecular weight is 309 g/mol. The molecule has 3 aromatic rings. The number of ether oxygens (including phenoxy) is 1. The third-order valence-electron chi connectivity index (χ3n) is 4.30. The summed E-state index contributed by atoms with van der Waals surface area (Å²) < 4.78 is 7.45. The molecule has 0 radical (unpaired) electrons. The fourth-order valence-corrected chi connectivity index (χ4v) is 3.05. The Balaban J connectivity index is 1.86. The molecule has 0 N–H and O–H groups in total. The van der Waals surface area contributed by atoms with Crippen molar-refractivity contribution in [1.82, 2.24) is 19.6 Å². The summed E-state index contributed by atoms with van der Waals surface area (Å²) in [6, 6.07) is 12.6. The van der Waals surface area contributed by atoms with E-state index in [-0.39, 0.29) is 0 Å². The SMILES string of the molecule is CCC1COCCN1c1cc(-c2ccccc2)nc2ncnn12. The zero-order valence-electron chi connectivity index (χ0n) is 13.1. The van der Waals surface area contributed by atoms with Crippen LogP contribution in [0, 0.1) is 0 Å². The van der Waals surface area contributed by atoms with Crippen LogP contribution in [0.4, 0.5) is 5.82 Å². The van der Waals surface area contributed by atoms with Gasteiger partial charge in [-0.3, -0.25) is 0 Å². The Labute approximate surface area is 134 Å². The van der Waals surface area contributed by atoms with Gasteiger partial charge in [0, 0.05) is 18.2 Å². The molecule has 6 nitrogen and oxygen atoms in total. The molecule has 0 bridgehead atoms. The fourth-order valence-electron chi connectivity index (χ4n) is 3.05. The summed E-state index contributed by atoms with van der Waals surface area (Å²) in [5.41, 5.74) is 2.00. The van der Waals surface area contributed by atoms with Gasteiger partial charge in [0.25, 0.3) is 5.78 Å². The molecule has 118 valence electrons. The number of hydrogen-bond acceptors (Lipinski definition) is 5. The van der Waals surface area contributed by atoms with E-state index < -0.39 is 0 Å². The first-order valence-corrected chi connectivity index (χ1v) is 7.97. The van der Waals surface area contributed by atoms with Gasteiger partial charge in [0.2, 0.25) is 0 Å². The molecular weight excluding hydrogens is 290 g/mol. The minimum atomic E-state index is 0.349. The van der Waals surface area contributed by atoms with E-state index in [9.17, 15) is 0 Å². The van der Waals surface area contributed by atoms with Crippen LogP contribution in [0.3, 0.4) is 0 Å². The number of fused-ring (bicyclic) bond motifs is 1. The van der Waals surface area contributed by atoms with E-state index in [1.807, 2.05) is 22.7 Å². The second kappa shape index (κ2) is 5.96. The summed E-state index contributed by atoms with van der Waals surface area (Å²) in [6.45, 7) is 4.52. The third kappa shape index (κ3) is 2.55. The molecule has 0 spiro atoms. The van der Waals surface area contributed by atoms with Crippen LogP contribution >= 0.6 is 0 Å². The van der Waals surface area contributed by atoms with Crippen LogP contribution in [0.2, 0.25) is 0 Å². The van der Waals surface area contributed by atoms with Gasteiger partial charge in [0.05, 0.1) is 24.9 Å². The first-order valence-electron chi connectivity index (χ1n) is 7.97. The molecule has 4 rings (SSSR count). The predicted octanol–water partition coefficient (Wildman–Crippen LogP) is 2.41. The normalized spacial score (nSPS) is 18.5. The number of nitrogens with zero attached hydrogens (tertiary/aromatic N) is 5. The van der Waals surface area contributed by atoms with Crippen LogP contribution in [0.1, 0.15) is 13.3 Å². The summed E-state index contributed by atoms with van der Waals surface area (Å²) in [6.07, 6.45) is 2.58. The van der Waals surface area contributed by atoms with Gasteiger partial charge in [0.15, 0.2) is 0 Å². The first kappa shape index (κ1) is 14.1. The van der Waals surface area contributed by atoms with Crippen molar-refractivity contribution in [2.24, 2.45) is 0 Å². The third-order valence-corrected chi connectivity index (χ3v) is 4.30. The lowest BCUT2D eigenvalue weighted by Crippen LogP contribution is -2.46. The van der Waals surface area contributed by atoms with E-state index in [1.54, 1.807) is 6.33 Å². The number of rotatable bonds is 3. The molecule has 1 fully saturated rings. The summed E-state index contributed by atoms with van der Waals surface area (Å²) in [5.74, 6) is 1.66. The number of morpholine rings is 1. The highest BCUT2D eigenvalue weighted by atomic mass is 16.5. The monoisotopic (exact) mass is 309 g/mol. The van der Waals surface area contributed by atoms with Crippen LogP contribution in [-0.2, 0) is 4.74 Å². The summed E-state index contributed by atoms with van der Waals surface area (Å²) in [7, 11) is 0. The van der Waals surface area contributed by atoms with Crippen LogP contribution in [0.25, 0.3) is 17.0 Å². The van der Waals surface area contributed by atoms with Crippen LogP contribution in [0.5, 0.6) is 0 Å². The van der Waals surface area contributed by atoms with E-state index in [0.717, 1.165) is 43.3 Å². The first-order chi connectivity index (χ1) is 11.4. The fraction of sp³-hybridized carbons (Fsp3) is 0.353. The highest BCUT2D eigenvalue weighted by Crippen LogP contribution is 2.26.